The van der Waals surface area contributed by atoms with Gasteiger partial charge < -0.3 is 10.4 Å². The highest BCUT2D eigenvalue weighted by molar-refractivity contribution is 5.79. The Labute approximate surface area is 109 Å². The number of carbonyl (C=O) groups is 2. The van der Waals surface area contributed by atoms with E-state index >= 15 is 0 Å². The van der Waals surface area contributed by atoms with Gasteiger partial charge in [-0.25, -0.2) is 0 Å². The molecule has 0 spiro atoms. The molecule has 1 saturated heterocycles. The van der Waals surface area contributed by atoms with Crippen molar-refractivity contribution in [2.75, 3.05) is 0 Å². The smallest absolute Gasteiger partial charge is 0.303 e. The molecular weight excluding hydrogens is 230 g/mol. The maximum atomic E-state index is 11.4. The Balaban J connectivity index is 2.14. The van der Waals surface area contributed by atoms with E-state index in [0.717, 1.165) is 38.5 Å². The van der Waals surface area contributed by atoms with Crippen molar-refractivity contribution >= 4 is 11.8 Å². The van der Waals surface area contributed by atoms with Crippen LogP contribution < -0.4 is 5.32 Å². The van der Waals surface area contributed by atoms with Crippen LogP contribution in [0.4, 0.5) is 0 Å². The lowest BCUT2D eigenvalue weighted by molar-refractivity contribution is -0.137. The normalized spacial score (nSPS) is 28.0. The molecule has 1 heterocycles. The average Bonchev–Trinajstić information content (AvgIpc) is 2.27. The predicted octanol–water partition coefficient (Wildman–Crippen LogP) is 2.37. The van der Waals surface area contributed by atoms with E-state index in [1.165, 1.54) is 0 Å². The van der Waals surface area contributed by atoms with Gasteiger partial charge >= 0.3 is 5.97 Å². The van der Waals surface area contributed by atoms with Gasteiger partial charge in [-0.2, -0.15) is 0 Å². The van der Waals surface area contributed by atoms with Crippen LogP contribution in [-0.2, 0) is 9.59 Å². The van der Waals surface area contributed by atoms with E-state index in [-0.39, 0.29) is 24.2 Å². The zero-order chi connectivity index (χ0) is 13.5. The average molecular weight is 255 g/mol. The highest BCUT2D eigenvalue weighted by atomic mass is 16.4. The van der Waals surface area contributed by atoms with Gasteiger partial charge in [0.15, 0.2) is 0 Å². The lowest BCUT2D eigenvalue weighted by Gasteiger charge is -2.34. The zero-order valence-corrected chi connectivity index (χ0v) is 11.4. The van der Waals surface area contributed by atoms with E-state index in [4.69, 9.17) is 5.11 Å². The molecule has 0 aliphatic carbocycles. The first-order valence-corrected chi connectivity index (χ1v) is 6.99. The third-order valence-electron chi connectivity index (χ3n) is 3.89. The minimum absolute atomic E-state index is 0.174. The fraction of sp³-hybridized carbons (Fsp3) is 0.857. The lowest BCUT2D eigenvalue weighted by Crippen LogP contribution is -2.47. The summed E-state index contributed by atoms with van der Waals surface area (Å²) >= 11 is 0. The fourth-order valence-electron chi connectivity index (χ4n) is 2.83. The van der Waals surface area contributed by atoms with Crippen LogP contribution in [0.5, 0.6) is 0 Å². The fourth-order valence-corrected chi connectivity index (χ4v) is 2.83. The van der Waals surface area contributed by atoms with Gasteiger partial charge in [-0.15, -0.1) is 0 Å². The van der Waals surface area contributed by atoms with Crippen LogP contribution in [0.15, 0.2) is 0 Å². The molecule has 1 aliphatic heterocycles. The van der Waals surface area contributed by atoms with E-state index < -0.39 is 5.97 Å². The minimum Gasteiger partial charge on any atom is -0.481 e. The van der Waals surface area contributed by atoms with Crippen LogP contribution in [0.3, 0.4) is 0 Å². The van der Waals surface area contributed by atoms with Gasteiger partial charge in [-0.1, -0.05) is 12.8 Å². The number of carboxylic acid groups (broad SMARTS) is 1. The number of hydrogen-bond acceptors (Lipinski definition) is 3. The SMILES string of the molecule is CC(=O)[C@H]1CC[C@@H](CCCCCC(=O)O)N[C@H]1C. The Morgan fingerprint density at radius 1 is 1.22 bits per heavy atom. The molecule has 18 heavy (non-hydrogen) atoms. The first-order valence-electron chi connectivity index (χ1n) is 6.99. The molecule has 3 atom stereocenters. The quantitative estimate of drug-likeness (QED) is 0.685. The second-order valence-corrected chi connectivity index (χ2v) is 5.44. The van der Waals surface area contributed by atoms with Gasteiger partial charge in [0.2, 0.25) is 0 Å². The first kappa shape index (κ1) is 15.2. The maximum absolute atomic E-state index is 11.4. The number of rotatable bonds is 7. The van der Waals surface area contributed by atoms with Gasteiger partial charge in [0.05, 0.1) is 0 Å². The van der Waals surface area contributed by atoms with Crippen molar-refractivity contribution in [3.8, 4) is 0 Å². The summed E-state index contributed by atoms with van der Waals surface area (Å²) in [6.45, 7) is 3.76. The summed E-state index contributed by atoms with van der Waals surface area (Å²) in [5, 5.41) is 12.0. The van der Waals surface area contributed by atoms with Crippen molar-refractivity contribution in [2.24, 2.45) is 5.92 Å². The Morgan fingerprint density at radius 3 is 2.50 bits per heavy atom. The number of Topliss-reactive ketones (excluding diaryl/α,β-unsaturated/α-hetero) is 1. The largest absolute Gasteiger partial charge is 0.481 e. The summed E-state index contributed by atoms with van der Waals surface area (Å²) in [5.41, 5.74) is 0. The Bertz CT molecular complexity index is 291. The van der Waals surface area contributed by atoms with Crippen LogP contribution in [0.2, 0.25) is 0 Å². The molecule has 1 fully saturated rings. The molecule has 2 N–H and O–H groups in total. The molecule has 0 aromatic rings. The molecule has 1 rings (SSSR count). The Morgan fingerprint density at radius 2 is 1.94 bits per heavy atom. The number of carbonyl (C=O) groups excluding carboxylic acids is 1. The number of piperidine rings is 1. The van der Waals surface area contributed by atoms with E-state index in [1.807, 2.05) is 0 Å². The summed E-state index contributed by atoms with van der Waals surface area (Å²) in [5.74, 6) is -0.244. The van der Waals surface area contributed by atoms with Gasteiger partial charge in [-0.3, -0.25) is 9.59 Å². The summed E-state index contributed by atoms with van der Waals surface area (Å²) in [6.07, 6.45) is 6.25. The number of unbranched alkanes of at least 4 members (excludes halogenated alkanes) is 2. The molecule has 0 amide bonds. The van der Waals surface area contributed by atoms with Crippen LogP contribution in [0.25, 0.3) is 0 Å². The second-order valence-electron chi connectivity index (χ2n) is 5.44. The molecular formula is C14H25NO3. The molecule has 0 bridgehead atoms. The summed E-state index contributed by atoms with van der Waals surface area (Å²) < 4.78 is 0. The molecule has 0 saturated carbocycles. The van der Waals surface area contributed by atoms with Crippen molar-refractivity contribution in [1.29, 1.82) is 0 Å². The number of carboxylic acids is 1. The van der Waals surface area contributed by atoms with Crippen LogP contribution >= 0.6 is 0 Å². The second kappa shape index (κ2) is 7.52. The summed E-state index contributed by atoms with van der Waals surface area (Å²) in [4.78, 5) is 21.7. The molecule has 0 aromatic carbocycles. The van der Waals surface area contributed by atoms with E-state index in [1.54, 1.807) is 6.92 Å². The summed E-state index contributed by atoms with van der Waals surface area (Å²) in [6, 6.07) is 0.778. The summed E-state index contributed by atoms with van der Waals surface area (Å²) in [7, 11) is 0. The monoisotopic (exact) mass is 255 g/mol. The van der Waals surface area contributed by atoms with Crippen LogP contribution in [-0.4, -0.2) is 28.9 Å². The van der Waals surface area contributed by atoms with Crippen molar-refractivity contribution in [3.63, 3.8) is 0 Å². The van der Waals surface area contributed by atoms with Crippen LogP contribution in [0, 0.1) is 5.92 Å². The topological polar surface area (TPSA) is 66.4 Å². The van der Waals surface area contributed by atoms with Crippen molar-refractivity contribution < 1.29 is 14.7 Å². The van der Waals surface area contributed by atoms with Crippen molar-refractivity contribution in [1.82, 2.24) is 5.32 Å². The van der Waals surface area contributed by atoms with Crippen molar-refractivity contribution in [3.05, 3.63) is 0 Å². The molecule has 0 aromatic heterocycles. The minimum atomic E-state index is -0.705. The molecule has 4 heteroatoms. The number of aliphatic carboxylic acids is 1. The molecule has 104 valence electrons. The lowest BCUT2D eigenvalue weighted by atomic mass is 9.84. The Kier molecular flexibility index (Phi) is 6.33. The highest BCUT2D eigenvalue weighted by Gasteiger charge is 2.29. The van der Waals surface area contributed by atoms with Gasteiger partial charge in [0.1, 0.15) is 5.78 Å². The Hall–Kier alpha value is -0.900. The molecule has 0 radical (unpaired) electrons. The third-order valence-corrected chi connectivity index (χ3v) is 3.89. The van der Waals surface area contributed by atoms with E-state index in [2.05, 4.69) is 12.2 Å². The first-order chi connectivity index (χ1) is 8.50. The van der Waals surface area contributed by atoms with Gasteiger partial charge in [0, 0.05) is 24.4 Å². The van der Waals surface area contributed by atoms with Crippen LogP contribution in [0.1, 0.15) is 58.8 Å². The highest BCUT2D eigenvalue weighted by Crippen LogP contribution is 2.23. The third kappa shape index (κ3) is 5.17. The van der Waals surface area contributed by atoms with E-state index in [0.29, 0.717) is 6.04 Å². The molecule has 1 aliphatic rings. The van der Waals surface area contributed by atoms with E-state index in [9.17, 15) is 9.59 Å². The number of ketones is 1. The van der Waals surface area contributed by atoms with Gasteiger partial charge in [-0.05, 0) is 39.5 Å². The van der Waals surface area contributed by atoms with Crippen molar-refractivity contribution in [2.45, 2.75) is 70.9 Å². The standard InChI is InChI=1S/C14H25NO3/c1-10-13(11(2)16)9-8-12(15-10)6-4-3-5-7-14(17)18/h10,12-13,15H,3-9H2,1-2H3,(H,17,18)/t10-,12+,13-/m0/s1. The molecule has 4 nitrogen and oxygen atoms in total. The molecule has 0 unspecified atom stereocenters. The number of hydrogen-bond donors (Lipinski definition) is 2. The van der Waals surface area contributed by atoms with Gasteiger partial charge in [0.25, 0.3) is 0 Å². The maximum Gasteiger partial charge on any atom is 0.303 e. The predicted molar refractivity (Wildman–Crippen MR) is 70.5 cm³/mol. The zero-order valence-electron chi connectivity index (χ0n) is 11.4. The number of nitrogens with one attached hydrogen (secondary N) is 1.